The molecular formula is C12H8N4. The second kappa shape index (κ2) is 4.29. The van der Waals surface area contributed by atoms with Gasteiger partial charge in [-0.15, -0.1) is 6.42 Å². The maximum Gasteiger partial charge on any atom is 0.112 e. The van der Waals surface area contributed by atoms with E-state index in [1.54, 1.807) is 29.3 Å². The molecule has 0 bridgehead atoms. The van der Waals surface area contributed by atoms with Gasteiger partial charge in [-0.1, -0.05) is 5.92 Å². The molecule has 4 nitrogen and oxygen atoms in total. The fourth-order valence-corrected chi connectivity index (χ4v) is 1.39. The van der Waals surface area contributed by atoms with Gasteiger partial charge in [-0.3, -0.25) is 9.67 Å². The van der Waals surface area contributed by atoms with Gasteiger partial charge in [0, 0.05) is 24.2 Å². The van der Waals surface area contributed by atoms with Crippen LogP contribution in [0.5, 0.6) is 0 Å². The van der Waals surface area contributed by atoms with Gasteiger partial charge in [0.2, 0.25) is 0 Å². The molecule has 2 heterocycles. The molecule has 0 saturated carbocycles. The summed E-state index contributed by atoms with van der Waals surface area (Å²) in [6.07, 6.45) is 10.2. The molecule has 2 rings (SSSR count). The van der Waals surface area contributed by atoms with Crippen LogP contribution in [0.25, 0.3) is 11.3 Å². The van der Waals surface area contributed by atoms with Gasteiger partial charge in [-0.25, -0.2) is 0 Å². The lowest BCUT2D eigenvalue weighted by Crippen LogP contribution is -1.95. The minimum atomic E-state index is 0.356. The van der Waals surface area contributed by atoms with Crippen molar-refractivity contribution in [2.24, 2.45) is 0 Å². The summed E-state index contributed by atoms with van der Waals surface area (Å²) in [6, 6.07) is 5.75. The van der Waals surface area contributed by atoms with Crippen LogP contribution in [0.4, 0.5) is 0 Å². The third kappa shape index (κ3) is 1.77. The summed E-state index contributed by atoms with van der Waals surface area (Å²) < 4.78 is 1.57. The molecule has 16 heavy (non-hydrogen) atoms. The molecule has 0 saturated heterocycles. The Morgan fingerprint density at radius 2 is 2.38 bits per heavy atom. The summed E-state index contributed by atoms with van der Waals surface area (Å²) in [4.78, 5) is 3.99. The highest BCUT2D eigenvalue weighted by Crippen LogP contribution is 2.19. The van der Waals surface area contributed by atoms with Crippen molar-refractivity contribution in [2.75, 3.05) is 0 Å². The highest BCUT2D eigenvalue weighted by atomic mass is 15.3. The molecule has 0 aliphatic heterocycles. The van der Waals surface area contributed by atoms with Crippen LogP contribution in [0, 0.1) is 23.7 Å². The zero-order valence-corrected chi connectivity index (χ0v) is 8.46. The lowest BCUT2D eigenvalue weighted by atomic mass is 10.1. The Hall–Kier alpha value is -2.59. The van der Waals surface area contributed by atoms with Crippen molar-refractivity contribution in [3.8, 4) is 29.7 Å². The van der Waals surface area contributed by atoms with Crippen LogP contribution in [0.3, 0.4) is 0 Å². The number of nitrogens with zero attached hydrogens (tertiary/aromatic N) is 4. The summed E-state index contributed by atoms with van der Waals surface area (Å²) >= 11 is 0. The fourth-order valence-electron chi connectivity index (χ4n) is 1.39. The maximum absolute atomic E-state index is 8.99. The van der Waals surface area contributed by atoms with Gasteiger partial charge in [0.1, 0.15) is 18.3 Å². The number of aromatic nitrogens is 3. The monoisotopic (exact) mass is 208 g/mol. The topological polar surface area (TPSA) is 54.5 Å². The molecule has 2 aromatic rings. The smallest absolute Gasteiger partial charge is 0.112 e. The van der Waals surface area contributed by atoms with E-state index in [-0.39, 0.29) is 0 Å². The van der Waals surface area contributed by atoms with E-state index in [1.165, 1.54) is 0 Å². The van der Waals surface area contributed by atoms with Crippen molar-refractivity contribution < 1.29 is 0 Å². The first-order valence-electron chi connectivity index (χ1n) is 4.66. The molecule has 2 aromatic heterocycles. The molecule has 0 amide bonds. The predicted molar refractivity (Wildman–Crippen MR) is 59.0 cm³/mol. The van der Waals surface area contributed by atoms with E-state index in [2.05, 4.69) is 22.1 Å². The van der Waals surface area contributed by atoms with Crippen LogP contribution in [0.15, 0.2) is 30.7 Å². The zero-order valence-electron chi connectivity index (χ0n) is 8.46. The molecule has 0 atom stereocenters. The molecule has 4 heteroatoms. The van der Waals surface area contributed by atoms with E-state index in [4.69, 9.17) is 11.7 Å². The first-order valence-corrected chi connectivity index (χ1v) is 4.66. The Kier molecular flexibility index (Phi) is 2.67. The number of pyridine rings is 1. The van der Waals surface area contributed by atoms with Crippen molar-refractivity contribution in [2.45, 2.75) is 6.54 Å². The van der Waals surface area contributed by atoms with Gasteiger partial charge in [0.25, 0.3) is 0 Å². The normalized spacial score (nSPS) is 9.38. The van der Waals surface area contributed by atoms with Crippen molar-refractivity contribution in [3.63, 3.8) is 0 Å². The lowest BCUT2D eigenvalue weighted by Gasteiger charge is -1.95. The van der Waals surface area contributed by atoms with Gasteiger partial charge >= 0.3 is 0 Å². The van der Waals surface area contributed by atoms with Crippen molar-refractivity contribution in [1.29, 1.82) is 5.26 Å². The first kappa shape index (κ1) is 9.95. The molecule has 0 aromatic carbocycles. The van der Waals surface area contributed by atoms with Gasteiger partial charge in [-0.05, 0) is 12.1 Å². The fraction of sp³-hybridized carbons (Fsp3) is 0.0833. The number of terminal acetylenes is 1. The molecule has 0 fully saturated rings. The first-order chi connectivity index (χ1) is 7.85. The van der Waals surface area contributed by atoms with E-state index in [0.717, 1.165) is 5.56 Å². The van der Waals surface area contributed by atoms with Gasteiger partial charge < -0.3 is 0 Å². The average Bonchev–Trinajstić information content (AvgIpc) is 2.74. The van der Waals surface area contributed by atoms with Crippen LogP contribution < -0.4 is 0 Å². The molecule has 0 spiro atoms. The minimum absolute atomic E-state index is 0.356. The molecule has 0 unspecified atom stereocenters. The van der Waals surface area contributed by atoms with Crippen LogP contribution in [0.1, 0.15) is 5.56 Å². The third-order valence-corrected chi connectivity index (χ3v) is 2.07. The van der Waals surface area contributed by atoms with Crippen LogP contribution in [-0.4, -0.2) is 14.8 Å². The van der Waals surface area contributed by atoms with E-state index >= 15 is 0 Å². The van der Waals surface area contributed by atoms with E-state index in [0.29, 0.717) is 17.8 Å². The van der Waals surface area contributed by atoms with Gasteiger partial charge in [0.15, 0.2) is 0 Å². The predicted octanol–water partition coefficient (Wildman–Crippen LogP) is 1.45. The van der Waals surface area contributed by atoms with Crippen molar-refractivity contribution in [3.05, 3.63) is 36.3 Å². The highest BCUT2D eigenvalue weighted by Gasteiger charge is 2.10. The standard InChI is InChI=1S/C12H8N4/c1-2-6-16-9-11(7-13)12(15-16)10-4-3-5-14-8-10/h1,3-5,8-9H,6H2. The Bertz CT molecular complexity index is 569. The third-order valence-electron chi connectivity index (χ3n) is 2.07. The number of rotatable bonds is 2. The average molecular weight is 208 g/mol. The van der Waals surface area contributed by atoms with Gasteiger partial charge in [0.05, 0.1) is 5.56 Å². The molecule has 0 aliphatic carbocycles. The van der Waals surface area contributed by atoms with Crippen LogP contribution in [0.2, 0.25) is 0 Å². The summed E-state index contributed by atoms with van der Waals surface area (Å²) in [5.74, 6) is 2.48. The molecule has 0 radical (unpaired) electrons. The highest BCUT2D eigenvalue weighted by molar-refractivity contribution is 5.64. The van der Waals surface area contributed by atoms with Gasteiger partial charge in [-0.2, -0.15) is 10.4 Å². The Morgan fingerprint density at radius 1 is 1.50 bits per heavy atom. The maximum atomic E-state index is 8.99. The largest absolute Gasteiger partial charge is 0.264 e. The van der Waals surface area contributed by atoms with Crippen LogP contribution >= 0.6 is 0 Å². The summed E-state index contributed by atoms with van der Waals surface area (Å²) in [5.41, 5.74) is 1.93. The van der Waals surface area contributed by atoms with E-state index < -0.39 is 0 Å². The Labute approximate surface area is 93.2 Å². The lowest BCUT2D eigenvalue weighted by molar-refractivity contribution is 0.718. The SMILES string of the molecule is C#CCn1cc(C#N)c(-c2cccnc2)n1. The number of nitriles is 1. The number of hydrogen-bond acceptors (Lipinski definition) is 3. The zero-order chi connectivity index (χ0) is 11.4. The minimum Gasteiger partial charge on any atom is -0.264 e. The van der Waals surface area contributed by atoms with E-state index in [1.807, 2.05) is 6.07 Å². The summed E-state index contributed by atoms with van der Waals surface area (Å²) in [5, 5.41) is 13.2. The quantitative estimate of drug-likeness (QED) is 0.702. The molecule has 76 valence electrons. The Balaban J connectivity index is 2.50. The second-order valence-electron chi connectivity index (χ2n) is 3.15. The Morgan fingerprint density at radius 3 is 3.00 bits per heavy atom. The van der Waals surface area contributed by atoms with Crippen LogP contribution in [-0.2, 0) is 6.54 Å². The van der Waals surface area contributed by atoms with E-state index in [9.17, 15) is 0 Å². The second-order valence-corrected chi connectivity index (χ2v) is 3.15. The van der Waals surface area contributed by atoms with Crippen molar-refractivity contribution in [1.82, 2.24) is 14.8 Å². The number of hydrogen-bond donors (Lipinski definition) is 0. The van der Waals surface area contributed by atoms with Crippen molar-refractivity contribution >= 4 is 0 Å². The summed E-state index contributed by atoms with van der Waals surface area (Å²) in [6.45, 7) is 0.356. The molecular weight excluding hydrogens is 200 g/mol. The molecule has 0 aliphatic rings. The molecule has 0 N–H and O–H groups in total. The summed E-state index contributed by atoms with van der Waals surface area (Å²) in [7, 11) is 0.